The summed E-state index contributed by atoms with van der Waals surface area (Å²) in [6, 6.07) is -0.847. The standard InChI is InChI=1S/C58H103NO10/c1-3-5-7-9-11-13-14-15-16-20-23-26-30-34-38-42-46-54(63)67-47-43-39-35-31-27-24-21-18-17-19-22-25-29-33-37-41-45-53(62)59-50(51(61)44-40-36-32-28-12-10-8-6-4-2)49-68-58-57(66)56(65)55(64)52(48-60)69-58/h4,6,12,16-17,19-20,28,40,44,50-52,55-58,60-61,64-66H,3,5,7-11,13-15,18,21-27,29-39,41-43,45-49H2,1-2H3,(H,59,62)/b6-4+,19-17-,20-16-,28-12+,44-40+. The Bertz CT molecular complexity index is 1330. The summed E-state index contributed by atoms with van der Waals surface area (Å²) >= 11 is 0. The zero-order valence-corrected chi connectivity index (χ0v) is 43.8. The molecule has 0 spiro atoms. The average Bonchev–Trinajstić information content (AvgIpc) is 3.34. The molecule has 400 valence electrons. The molecule has 0 saturated carbocycles. The van der Waals surface area contributed by atoms with Gasteiger partial charge >= 0.3 is 5.97 Å². The van der Waals surface area contributed by atoms with Crippen LogP contribution in [0.1, 0.15) is 232 Å². The molecule has 1 saturated heterocycles. The maximum atomic E-state index is 13.0. The van der Waals surface area contributed by atoms with Crippen LogP contribution in [-0.4, -0.2) is 100 Å². The van der Waals surface area contributed by atoms with Crippen molar-refractivity contribution in [2.24, 2.45) is 0 Å². The topological polar surface area (TPSA) is 175 Å². The van der Waals surface area contributed by atoms with Crippen molar-refractivity contribution >= 4 is 11.9 Å². The van der Waals surface area contributed by atoms with E-state index >= 15 is 0 Å². The second-order valence-corrected chi connectivity index (χ2v) is 19.3. The Balaban J connectivity index is 2.08. The summed E-state index contributed by atoms with van der Waals surface area (Å²) < 4.78 is 16.6. The molecule has 1 fully saturated rings. The molecular formula is C58H103NO10. The molecule has 0 aliphatic carbocycles. The second kappa shape index (κ2) is 47.7. The van der Waals surface area contributed by atoms with E-state index in [1.807, 2.05) is 19.1 Å². The van der Waals surface area contributed by atoms with Crippen molar-refractivity contribution in [2.45, 2.75) is 275 Å². The number of hydrogen-bond donors (Lipinski definition) is 6. The summed E-state index contributed by atoms with van der Waals surface area (Å²) in [5, 5.41) is 54.1. The van der Waals surface area contributed by atoms with Crippen LogP contribution in [0, 0.1) is 0 Å². The number of rotatable bonds is 47. The monoisotopic (exact) mass is 974 g/mol. The van der Waals surface area contributed by atoms with Gasteiger partial charge in [-0.1, -0.05) is 177 Å². The number of nitrogens with one attached hydrogen (secondary N) is 1. The van der Waals surface area contributed by atoms with Gasteiger partial charge in [-0.15, -0.1) is 0 Å². The number of carbonyl (C=O) groups is 2. The predicted octanol–water partition coefficient (Wildman–Crippen LogP) is 12.3. The number of unbranched alkanes of at least 4 members (excludes halogenated alkanes) is 26. The molecule has 7 atom stereocenters. The Morgan fingerprint density at radius 2 is 1.00 bits per heavy atom. The molecule has 0 aromatic carbocycles. The third-order valence-corrected chi connectivity index (χ3v) is 12.9. The third-order valence-electron chi connectivity index (χ3n) is 12.9. The van der Waals surface area contributed by atoms with E-state index in [9.17, 15) is 35.1 Å². The highest BCUT2D eigenvalue weighted by molar-refractivity contribution is 5.76. The Morgan fingerprint density at radius 3 is 1.52 bits per heavy atom. The number of hydrogen-bond acceptors (Lipinski definition) is 10. The van der Waals surface area contributed by atoms with Crippen molar-refractivity contribution in [1.82, 2.24) is 5.32 Å². The largest absolute Gasteiger partial charge is 0.466 e. The molecule has 6 N–H and O–H groups in total. The molecule has 11 heteroatoms. The molecule has 0 aromatic heterocycles. The van der Waals surface area contributed by atoms with Gasteiger partial charge in [-0.2, -0.15) is 0 Å². The highest BCUT2D eigenvalue weighted by Crippen LogP contribution is 2.23. The summed E-state index contributed by atoms with van der Waals surface area (Å²) in [5.41, 5.74) is 0. The van der Waals surface area contributed by atoms with Gasteiger partial charge in [0.1, 0.15) is 24.4 Å². The zero-order chi connectivity index (χ0) is 50.3. The van der Waals surface area contributed by atoms with Crippen molar-refractivity contribution in [1.29, 1.82) is 0 Å². The lowest BCUT2D eigenvalue weighted by molar-refractivity contribution is -0.302. The molecule has 69 heavy (non-hydrogen) atoms. The van der Waals surface area contributed by atoms with Gasteiger partial charge in [-0.3, -0.25) is 9.59 Å². The SMILES string of the molecule is C/C=C/CC/C=C/CC/C=C/C(O)C(COC1OC(CO)C(O)C(O)C1O)NC(=O)CCCCCCC/C=C\CCCCCCCCCOC(=O)CCCCCCC/C=C\CCCCCCCCC. The summed E-state index contributed by atoms with van der Waals surface area (Å²) in [4.78, 5) is 25.0. The van der Waals surface area contributed by atoms with E-state index in [-0.39, 0.29) is 18.5 Å². The molecule has 0 radical (unpaired) electrons. The molecule has 1 amide bonds. The van der Waals surface area contributed by atoms with E-state index < -0.39 is 49.5 Å². The van der Waals surface area contributed by atoms with Gasteiger partial charge in [0.2, 0.25) is 5.91 Å². The van der Waals surface area contributed by atoms with Crippen molar-refractivity contribution in [2.75, 3.05) is 19.8 Å². The van der Waals surface area contributed by atoms with Crippen LogP contribution in [-0.2, 0) is 23.8 Å². The first-order valence-corrected chi connectivity index (χ1v) is 28.0. The molecule has 1 heterocycles. The number of allylic oxidation sites excluding steroid dienone is 9. The smallest absolute Gasteiger partial charge is 0.305 e. The maximum Gasteiger partial charge on any atom is 0.305 e. The van der Waals surface area contributed by atoms with Crippen LogP contribution >= 0.6 is 0 Å². The van der Waals surface area contributed by atoms with Gasteiger partial charge in [-0.05, 0) is 103 Å². The minimum atomic E-state index is -1.59. The molecule has 1 rings (SSSR count). The number of ether oxygens (including phenoxy) is 3. The first-order valence-electron chi connectivity index (χ1n) is 28.0. The lowest BCUT2D eigenvalue weighted by Gasteiger charge is -2.40. The second-order valence-electron chi connectivity index (χ2n) is 19.3. The molecular weight excluding hydrogens is 871 g/mol. The van der Waals surface area contributed by atoms with E-state index in [1.165, 1.54) is 109 Å². The number of amides is 1. The van der Waals surface area contributed by atoms with Crippen LogP contribution in [0.4, 0.5) is 0 Å². The van der Waals surface area contributed by atoms with Crippen LogP contribution in [0.3, 0.4) is 0 Å². The van der Waals surface area contributed by atoms with E-state index in [0.717, 1.165) is 89.9 Å². The van der Waals surface area contributed by atoms with Gasteiger partial charge in [0, 0.05) is 12.8 Å². The summed E-state index contributed by atoms with van der Waals surface area (Å²) in [6.45, 7) is 4.03. The average molecular weight is 974 g/mol. The van der Waals surface area contributed by atoms with Crippen LogP contribution in [0.5, 0.6) is 0 Å². The molecule has 11 nitrogen and oxygen atoms in total. The van der Waals surface area contributed by atoms with Gasteiger partial charge in [0.05, 0.1) is 32.0 Å². The lowest BCUT2D eigenvalue weighted by atomic mass is 9.99. The van der Waals surface area contributed by atoms with Gasteiger partial charge in [-0.25, -0.2) is 0 Å². The summed E-state index contributed by atoms with van der Waals surface area (Å²) in [6.07, 6.45) is 50.5. The molecule has 1 aliphatic rings. The fourth-order valence-corrected chi connectivity index (χ4v) is 8.40. The van der Waals surface area contributed by atoms with Crippen LogP contribution in [0.15, 0.2) is 60.8 Å². The number of aliphatic hydroxyl groups is 5. The first kappa shape index (κ1) is 64.4. The Kier molecular flexibility index (Phi) is 44.5. The highest BCUT2D eigenvalue weighted by atomic mass is 16.7. The normalized spacial score (nSPS) is 19.8. The number of esters is 1. The fourth-order valence-electron chi connectivity index (χ4n) is 8.40. The van der Waals surface area contributed by atoms with Crippen molar-refractivity contribution < 1.29 is 49.3 Å². The predicted molar refractivity (Wildman–Crippen MR) is 283 cm³/mol. The molecule has 1 aliphatic heterocycles. The number of aliphatic hydroxyl groups excluding tert-OH is 5. The van der Waals surface area contributed by atoms with E-state index in [2.05, 4.69) is 54.8 Å². The molecule has 0 aromatic rings. The van der Waals surface area contributed by atoms with Gasteiger partial charge in [0.25, 0.3) is 0 Å². The quantitative estimate of drug-likeness (QED) is 0.0196. The van der Waals surface area contributed by atoms with Crippen molar-refractivity contribution in [3.8, 4) is 0 Å². The van der Waals surface area contributed by atoms with Crippen molar-refractivity contribution in [3.05, 3.63) is 60.8 Å². The molecule has 0 bridgehead atoms. The molecule has 7 unspecified atom stereocenters. The third kappa shape index (κ3) is 37.8. The first-order chi connectivity index (χ1) is 33.7. The van der Waals surface area contributed by atoms with Crippen LogP contribution < -0.4 is 5.32 Å². The maximum absolute atomic E-state index is 13.0. The lowest BCUT2D eigenvalue weighted by Crippen LogP contribution is -2.60. The zero-order valence-electron chi connectivity index (χ0n) is 43.8. The van der Waals surface area contributed by atoms with Gasteiger partial charge in [0.15, 0.2) is 6.29 Å². The van der Waals surface area contributed by atoms with E-state index in [4.69, 9.17) is 14.2 Å². The van der Waals surface area contributed by atoms with Crippen LogP contribution in [0.2, 0.25) is 0 Å². The summed E-state index contributed by atoms with van der Waals surface area (Å²) in [7, 11) is 0. The minimum absolute atomic E-state index is 0.0308. The Labute approximate surface area is 420 Å². The van der Waals surface area contributed by atoms with Crippen molar-refractivity contribution in [3.63, 3.8) is 0 Å². The number of carbonyl (C=O) groups excluding carboxylic acids is 2. The highest BCUT2D eigenvalue weighted by Gasteiger charge is 2.44. The van der Waals surface area contributed by atoms with E-state index in [1.54, 1.807) is 6.08 Å². The minimum Gasteiger partial charge on any atom is -0.466 e. The fraction of sp³-hybridized carbons (Fsp3) is 0.793. The summed E-state index contributed by atoms with van der Waals surface area (Å²) in [5.74, 6) is -0.249. The Hall–Kier alpha value is -2.64. The van der Waals surface area contributed by atoms with Gasteiger partial charge < -0.3 is 45.1 Å². The van der Waals surface area contributed by atoms with Crippen LogP contribution in [0.25, 0.3) is 0 Å². The Morgan fingerprint density at radius 1 is 0.551 bits per heavy atom. The van der Waals surface area contributed by atoms with E-state index in [0.29, 0.717) is 25.9 Å².